The molecule has 1 aliphatic carbocycles. The van der Waals surface area contributed by atoms with E-state index < -0.39 is 0 Å². The van der Waals surface area contributed by atoms with Gasteiger partial charge in [0.15, 0.2) is 5.96 Å². The summed E-state index contributed by atoms with van der Waals surface area (Å²) in [6.45, 7) is 4.89. The van der Waals surface area contributed by atoms with Crippen LogP contribution in [0.4, 0.5) is 4.39 Å². The highest BCUT2D eigenvalue weighted by molar-refractivity contribution is 14.0. The Labute approximate surface area is 197 Å². The Hall–Kier alpha value is -0.930. The molecule has 0 radical (unpaired) electrons. The predicted octanol–water partition coefficient (Wildman–Crippen LogP) is 4.21. The Morgan fingerprint density at radius 2 is 1.93 bits per heavy atom. The van der Waals surface area contributed by atoms with Crippen LogP contribution in [0.25, 0.3) is 0 Å². The summed E-state index contributed by atoms with van der Waals surface area (Å²) in [5, 5.41) is 3.65. The third-order valence-corrected chi connectivity index (χ3v) is 6.43. The maximum Gasteiger partial charge on any atom is 0.193 e. The number of guanidine groups is 1. The highest BCUT2D eigenvalue weighted by Gasteiger charge is 2.35. The van der Waals surface area contributed by atoms with Crippen molar-refractivity contribution < 1.29 is 13.9 Å². The van der Waals surface area contributed by atoms with E-state index in [-0.39, 0.29) is 35.2 Å². The molecule has 1 aliphatic heterocycles. The highest BCUT2D eigenvalue weighted by atomic mass is 127. The monoisotopic (exact) mass is 533 g/mol. The third kappa shape index (κ3) is 6.79. The minimum Gasteiger partial charge on any atom is -0.382 e. The van der Waals surface area contributed by atoms with Crippen molar-refractivity contribution >= 4 is 29.9 Å². The van der Waals surface area contributed by atoms with Crippen LogP contribution in [0.1, 0.15) is 44.1 Å². The van der Waals surface area contributed by atoms with Gasteiger partial charge in [0.05, 0.1) is 19.8 Å². The molecule has 170 valence electrons. The number of nitrogens with one attached hydrogen (secondary N) is 1. The molecule has 0 spiro atoms. The maximum atomic E-state index is 13.5. The fraction of sp³-hybridized carbons (Fsp3) is 0.696. The van der Waals surface area contributed by atoms with E-state index in [1.54, 1.807) is 19.2 Å². The number of ether oxygens (including phenoxy) is 2. The summed E-state index contributed by atoms with van der Waals surface area (Å²) in [6, 6.07) is 7.12. The van der Waals surface area contributed by atoms with E-state index in [0.717, 1.165) is 51.5 Å². The van der Waals surface area contributed by atoms with Crippen LogP contribution in [0, 0.1) is 11.7 Å². The molecule has 1 N–H and O–H groups in total. The van der Waals surface area contributed by atoms with Crippen LogP contribution in [-0.2, 0) is 14.9 Å². The summed E-state index contributed by atoms with van der Waals surface area (Å²) in [5.74, 6) is 1.34. The predicted molar refractivity (Wildman–Crippen MR) is 130 cm³/mol. The molecule has 1 aromatic carbocycles. The van der Waals surface area contributed by atoms with Gasteiger partial charge in [-0.3, -0.25) is 4.99 Å². The summed E-state index contributed by atoms with van der Waals surface area (Å²) in [4.78, 5) is 6.89. The Kier molecular flexibility index (Phi) is 10.8. The smallest absolute Gasteiger partial charge is 0.193 e. The average molecular weight is 533 g/mol. The molecule has 1 heterocycles. The summed E-state index contributed by atoms with van der Waals surface area (Å²) >= 11 is 0. The molecule has 0 aromatic heterocycles. The van der Waals surface area contributed by atoms with Gasteiger partial charge < -0.3 is 19.7 Å². The number of methoxy groups -OCH3 is 1. The van der Waals surface area contributed by atoms with Gasteiger partial charge in [0.2, 0.25) is 0 Å². The summed E-state index contributed by atoms with van der Waals surface area (Å²) in [6.07, 6.45) is 7.13. The molecular formula is C23H37FIN3O2. The first kappa shape index (κ1) is 25.3. The topological polar surface area (TPSA) is 46.1 Å². The number of aliphatic imine (C=N–C) groups is 1. The number of hydrogen-bond donors (Lipinski definition) is 1. The van der Waals surface area contributed by atoms with Crippen LogP contribution in [0.15, 0.2) is 29.3 Å². The van der Waals surface area contributed by atoms with Crippen LogP contribution < -0.4 is 5.32 Å². The Balaban J connectivity index is 0.00000320. The molecule has 3 rings (SSSR count). The Morgan fingerprint density at radius 1 is 1.20 bits per heavy atom. The lowest BCUT2D eigenvalue weighted by atomic mass is 9.69. The second-order valence-corrected chi connectivity index (χ2v) is 8.42. The van der Waals surface area contributed by atoms with Crippen LogP contribution in [0.5, 0.6) is 0 Å². The SMILES string of the molecule is CN=C(NCC1(c2ccc(F)cc2)CCCCC1)N1CCC(COCCOC)C1.I. The second kappa shape index (κ2) is 12.8. The summed E-state index contributed by atoms with van der Waals surface area (Å²) in [5.41, 5.74) is 1.30. The zero-order valence-electron chi connectivity index (χ0n) is 18.4. The molecule has 5 nitrogen and oxygen atoms in total. The fourth-order valence-electron chi connectivity index (χ4n) is 4.73. The first-order valence-corrected chi connectivity index (χ1v) is 11.0. The van der Waals surface area contributed by atoms with Crippen molar-refractivity contribution in [1.29, 1.82) is 0 Å². The lowest BCUT2D eigenvalue weighted by molar-refractivity contribution is 0.0536. The molecule has 0 amide bonds. The van der Waals surface area contributed by atoms with Crippen LogP contribution in [-0.4, -0.2) is 64.5 Å². The lowest BCUT2D eigenvalue weighted by Crippen LogP contribution is -2.47. The highest BCUT2D eigenvalue weighted by Crippen LogP contribution is 2.39. The number of halogens is 2. The van der Waals surface area contributed by atoms with Crippen molar-refractivity contribution in [3.63, 3.8) is 0 Å². The zero-order chi connectivity index (χ0) is 20.5. The summed E-state index contributed by atoms with van der Waals surface area (Å²) in [7, 11) is 3.55. The quantitative estimate of drug-likeness (QED) is 0.236. The Bertz CT molecular complexity index is 650. The minimum atomic E-state index is -0.167. The average Bonchev–Trinajstić information content (AvgIpc) is 3.21. The third-order valence-electron chi connectivity index (χ3n) is 6.43. The molecule has 30 heavy (non-hydrogen) atoms. The molecule has 1 saturated heterocycles. The van der Waals surface area contributed by atoms with Crippen LogP contribution in [0.3, 0.4) is 0 Å². The molecule has 1 saturated carbocycles. The number of nitrogens with zero attached hydrogens (tertiary/aromatic N) is 2. The van der Waals surface area contributed by atoms with Gasteiger partial charge in [-0.15, -0.1) is 24.0 Å². The molecule has 0 bridgehead atoms. The zero-order valence-corrected chi connectivity index (χ0v) is 20.7. The number of benzene rings is 1. The molecular weight excluding hydrogens is 496 g/mol. The van der Waals surface area contributed by atoms with E-state index >= 15 is 0 Å². The Morgan fingerprint density at radius 3 is 2.60 bits per heavy atom. The van der Waals surface area contributed by atoms with E-state index in [0.29, 0.717) is 19.1 Å². The first-order valence-electron chi connectivity index (χ1n) is 11.0. The van der Waals surface area contributed by atoms with Gasteiger partial charge in [0.25, 0.3) is 0 Å². The fourth-order valence-corrected chi connectivity index (χ4v) is 4.73. The molecule has 1 aromatic rings. The van der Waals surface area contributed by atoms with E-state index in [4.69, 9.17) is 9.47 Å². The number of hydrogen-bond acceptors (Lipinski definition) is 3. The van der Waals surface area contributed by atoms with Crippen molar-refractivity contribution in [2.45, 2.75) is 43.9 Å². The normalized spacial score (nSPS) is 21.4. The van der Waals surface area contributed by atoms with Crippen molar-refractivity contribution in [3.8, 4) is 0 Å². The second-order valence-electron chi connectivity index (χ2n) is 8.42. The standard InChI is InChI=1S/C23H36FN3O2.HI/c1-25-22(27-13-10-19(16-27)17-29-15-14-28-2)26-18-23(11-4-3-5-12-23)20-6-8-21(24)9-7-20;/h6-9,19H,3-5,10-18H2,1-2H3,(H,25,26);1H. The van der Waals surface area contributed by atoms with Gasteiger partial charge in [-0.2, -0.15) is 0 Å². The molecule has 1 unspecified atom stereocenters. The van der Waals surface area contributed by atoms with Crippen molar-refractivity contribution in [2.75, 3.05) is 53.6 Å². The van der Waals surface area contributed by atoms with Gasteiger partial charge in [0.1, 0.15) is 5.82 Å². The van der Waals surface area contributed by atoms with E-state index in [9.17, 15) is 4.39 Å². The van der Waals surface area contributed by atoms with Crippen LogP contribution in [0.2, 0.25) is 0 Å². The van der Waals surface area contributed by atoms with Crippen molar-refractivity contribution in [1.82, 2.24) is 10.2 Å². The maximum absolute atomic E-state index is 13.5. The van der Waals surface area contributed by atoms with E-state index in [1.807, 2.05) is 19.2 Å². The molecule has 2 fully saturated rings. The largest absolute Gasteiger partial charge is 0.382 e. The van der Waals surface area contributed by atoms with E-state index in [2.05, 4.69) is 15.2 Å². The molecule has 1 atom stereocenters. The lowest BCUT2D eigenvalue weighted by Gasteiger charge is -2.39. The molecule has 7 heteroatoms. The van der Waals surface area contributed by atoms with Gasteiger partial charge in [-0.1, -0.05) is 31.4 Å². The molecule has 2 aliphatic rings. The first-order chi connectivity index (χ1) is 14.2. The van der Waals surface area contributed by atoms with Gasteiger partial charge >= 0.3 is 0 Å². The van der Waals surface area contributed by atoms with Gasteiger partial charge in [-0.25, -0.2) is 4.39 Å². The minimum absolute atomic E-state index is 0. The number of likely N-dealkylation sites (tertiary alicyclic amines) is 1. The number of rotatable bonds is 8. The van der Waals surface area contributed by atoms with Crippen molar-refractivity contribution in [2.24, 2.45) is 10.9 Å². The van der Waals surface area contributed by atoms with Crippen molar-refractivity contribution in [3.05, 3.63) is 35.6 Å². The summed E-state index contributed by atoms with van der Waals surface area (Å²) < 4.78 is 24.2. The van der Waals surface area contributed by atoms with Crippen LogP contribution >= 0.6 is 24.0 Å². The van der Waals surface area contributed by atoms with Gasteiger partial charge in [-0.05, 0) is 37.0 Å². The van der Waals surface area contributed by atoms with E-state index in [1.165, 1.54) is 24.8 Å². The van der Waals surface area contributed by atoms with Gasteiger partial charge in [0, 0.05) is 45.1 Å².